The number of amides is 2. The fraction of sp³-hybridized carbons (Fsp3) is 0.125. The Bertz CT molecular complexity index is 1330. The molecule has 2 amide bonds. The number of para-hydroxylation sites is 1. The number of rotatable bonds is 5. The van der Waals surface area contributed by atoms with Gasteiger partial charge in [-0.15, -0.1) is 11.3 Å². The van der Waals surface area contributed by atoms with Crippen LogP contribution < -0.4 is 11.1 Å². The lowest BCUT2D eigenvalue weighted by Gasteiger charge is -2.11. The number of nitrogens with one attached hydrogen (secondary N) is 1. The first-order valence-electron chi connectivity index (χ1n) is 9.78. The number of aryl methyl sites for hydroxylation is 1. The predicted octanol–water partition coefficient (Wildman–Crippen LogP) is 5.84. The molecule has 0 saturated carbocycles. The minimum Gasteiger partial charge on any atom is -0.365 e. The summed E-state index contributed by atoms with van der Waals surface area (Å²) in [6, 6.07) is 16.5. The largest absolute Gasteiger partial charge is 0.365 e. The number of benzene rings is 2. The third-order valence-corrected chi connectivity index (χ3v) is 6.54. The maximum atomic E-state index is 13.4. The molecule has 2 aromatic carbocycles. The zero-order valence-corrected chi connectivity index (χ0v) is 18.6. The number of anilines is 1. The summed E-state index contributed by atoms with van der Waals surface area (Å²) in [4.78, 5) is 31.1. The van der Waals surface area contributed by atoms with E-state index >= 15 is 0 Å². The number of nitrogens with zero attached hydrogens (tertiary/aromatic N) is 1. The van der Waals surface area contributed by atoms with Crippen molar-refractivity contribution >= 4 is 50.7 Å². The average Bonchev–Trinajstić information content (AvgIpc) is 3.08. The number of primary amides is 1. The molecule has 3 N–H and O–H groups in total. The zero-order valence-electron chi connectivity index (χ0n) is 17.0. The molecule has 0 bridgehead atoms. The first-order chi connectivity index (χ1) is 14.9. The van der Waals surface area contributed by atoms with Crippen molar-refractivity contribution in [1.29, 1.82) is 0 Å². The quantitative estimate of drug-likeness (QED) is 0.401. The van der Waals surface area contributed by atoms with Gasteiger partial charge in [-0.05, 0) is 37.1 Å². The van der Waals surface area contributed by atoms with Gasteiger partial charge < -0.3 is 11.1 Å². The van der Waals surface area contributed by atoms with Crippen LogP contribution in [0.1, 0.15) is 38.1 Å². The van der Waals surface area contributed by atoms with Crippen molar-refractivity contribution in [3.05, 3.63) is 81.2 Å². The van der Waals surface area contributed by atoms with E-state index in [2.05, 4.69) is 5.32 Å². The van der Waals surface area contributed by atoms with Gasteiger partial charge in [-0.1, -0.05) is 54.9 Å². The summed E-state index contributed by atoms with van der Waals surface area (Å²) in [5.41, 5.74) is 9.32. The molecule has 0 aliphatic heterocycles. The monoisotopic (exact) mass is 449 g/mol. The van der Waals surface area contributed by atoms with Crippen molar-refractivity contribution < 1.29 is 9.59 Å². The number of thiophene rings is 1. The van der Waals surface area contributed by atoms with Crippen LogP contribution in [0.5, 0.6) is 0 Å². The van der Waals surface area contributed by atoms with Crippen molar-refractivity contribution in [3.63, 3.8) is 0 Å². The van der Waals surface area contributed by atoms with Crippen LogP contribution in [0, 0.1) is 6.92 Å². The van der Waals surface area contributed by atoms with Gasteiger partial charge in [0, 0.05) is 20.8 Å². The normalized spacial score (nSPS) is 10.9. The molecular formula is C24H20ClN3O2S. The number of halogens is 1. The molecule has 0 fully saturated rings. The molecule has 0 atom stereocenters. The highest BCUT2D eigenvalue weighted by Gasteiger charge is 2.22. The molecule has 0 aliphatic rings. The summed E-state index contributed by atoms with van der Waals surface area (Å²) in [5, 5.41) is 4.63. The van der Waals surface area contributed by atoms with Gasteiger partial charge in [-0.3, -0.25) is 9.59 Å². The standard InChI is InChI=1S/C24H20ClN3O2S/c1-3-14-13(2)31-24(21(14)22(26)29)28-23(30)17-12-20(16-9-4-6-10-18(16)25)27-19-11-7-5-8-15(17)19/h4-12H,3H2,1-2H3,(H2,26,29)(H,28,30). The van der Waals surface area contributed by atoms with Gasteiger partial charge in [0.05, 0.1) is 22.3 Å². The maximum absolute atomic E-state index is 13.4. The van der Waals surface area contributed by atoms with E-state index in [9.17, 15) is 9.59 Å². The Morgan fingerprint density at radius 3 is 2.55 bits per heavy atom. The summed E-state index contributed by atoms with van der Waals surface area (Å²) in [6.07, 6.45) is 0.658. The number of nitrogens with two attached hydrogens (primary N) is 1. The second-order valence-electron chi connectivity index (χ2n) is 7.06. The molecule has 2 aromatic heterocycles. The van der Waals surface area contributed by atoms with Gasteiger partial charge in [0.15, 0.2) is 0 Å². The molecule has 0 spiro atoms. The van der Waals surface area contributed by atoms with E-state index in [0.29, 0.717) is 44.2 Å². The zero-order chi connectivity index (χ0) is 22.1. The molecule has 4 rings (SSSR count). The molecule has 0 radical (unpaired) electrons. The highest BCUT2D eigenvalue weighted by atomic mass is 35.5. The lowest BCUT2D eigenvalue weighted by molar-refractivity contribution is 0.100. The van der Waals surface area contributed by atoms with E-state index < -0.39 is 5.91 Å². The second kappa shape index (κ2) is 8.49. The van der Waals surface area contributed by atoms with E-state index in [1.54, 1.807) is 12.1 Å². The smallest absolute Gasteiger partial charge is 0.257 e. The summed E-state index contributed by atoms with van der Waals surface area (Å²) in [6.45, 7) is 3.88. The van der Waals surface area contributed by atoms with Crippen LogP contribution in [0.4, 0.5) is 5.00 Å². The van der Waals surface area contributed by atoms with Gasteiger partial charge in [-0.2, -0.15) is 0 Å². The Morgan fingerprint density at radius 1 is 1.13 bits per heavy atom. The van der Waals surface area contributed by atoms with Crippen LogP contribution in [0.25, 0.3) is 22.2 Å². The Kier molecular flexibility index (Phi) is 5.76. The van der Waals surface area contributed by atoms with Gasteiger partial charge in [0.2, 0.25) is 0 Å². The highest BCUT2D eigenvalue weighted by Crippen LogP contribution is 2.35. The Hall–Kier alpha value is -3.22. The van der Waals surface area contributed by atoms with Crippen molar-refractivity contribution in [2.45, 2.75) is 20.3 Å². The molecule has 7 heteroatoms. The molecule has 31 heavy (non-hydrogen) atoms. The van der Waals surface area contributed by atoms with Crippen molar-refractivity contribution in [3.8, 4) is 11.3 Å². The van der Waals surface area contributed by atoms with Gasteiger partial charge in [0.1, 0.15) is 5.00 Å². The molecule has 156 valence electrons. The number of fused-ring (bicyclic) bond motifs is 1. The predicted molar refractivity (Wildman–Crippen MR) is 127 cm³/mol. The topological polar surface area (TPSA) is 85.1 Å². The van der Waals surface area contributed by atoms with E-state index in [1.807, 2.05) is 56.3 Å². The summed E-state index contributed by atoms with van der Waals surface area (Å²) in [7, 11) is 0. The van der Waals surface area contributed by atoms with E-state index in [0.717, 1.165) is 16.0 Å². The maximum Gasteiger partial charge on any atom is 0.257 e. The minimum atomic E-state index is -0.548. The Morgan fingerprint density at radius 2 is 1.84 bits per heavy atom. The van der Waals surface area contributed by atoms with Crippen LogP contribution in [0.2, 0.25) is 5.02 Å². The summed E-state index contributed by atoms with van der Waals surface area (Å²) < 4.78 is 0. The Balaban J connectivity index is 1.84. The molecule has 2 heterocycles. The third-order valence-electron chi connectivity index (χ3n) is 5.15. The van der Waals surface area contributed by atoms with Crippen LogP contribution in [-0.2, 0) is 6.42 Å². The third kappa shape index (κ3) is 3.92. The number of aromatic nitrogens is 1. The molecular weight excluding hydrogens is 430 g/mol. The van der Waals surface area contributed by atoms with E-state index in [4.69, 9.17) is 22.3 Å². The SMILES string of the molecule is CCc1c(C)sc(NC(=O)c2cc(-c3ccccc3Cl)nc3ccccc23)c1C(N)=O. The summed E-state index contributed by atoms with van der Waals surface area (Å²) in [5.74, 6) is -0.883. The average molecular weight is 450 g/mol. The van der Waals surface area contributed by atoms with Crippen molar-refractivity contribution in [1.82, 2.24) is 4.98 Å². The summed E-state index contributed by atoms with van der Waals surface area (Å²) >= 11 is 7.73. The first kappa shape index (κ1) is 21.0. The highest BCUT2D eigenvalue weighted by molar-refractivity contribution is 7.16. The molecule has 0 saturated heterocycles. The van der Waals surface area contributed by atoms with Crippen molar-refractivity contribution in [2.24, 2.45) is 5.73 Å². The van der Waals surface area contributed by atoms with Gasteiger partial charge >= 0.3 is 0 Å². The number of carbonyl (C=O) groups is 2. The lowest BCUT2D eigenvalue weighted by Crippen LogP contribution is -2.18. The van der Waals surface area contributed by atoms with Gasteiger partial charge in [0.25, 0.3) is 11.8 Å². The van der Waals surface area contributed by atoms with E-state index in [1.165, 1.54) is 11.3 Å². The Labute approximate surface area is 188 Å². The van der Waals surface area contributed by atoms with Gasteiger partial charge in [-0.25, -0.2) is 4.98 Å². The molecule has 4 aromatic rings. The van der Waals surface area contributed by atoms with Crippen LogP contribution in [0.15, 0.2) is 54.6 Å². The second-order valence-corrected chi connectivity index (χ2v) is 8.70. The fourth-order valence-corrected chi connectivity index (χ4v) is 5.07. The van der Waals surface area contributed by atoms with E-state index in [-0.39, 0.29) is 5.91 Å². The first-order valence-corrected chi connectivity index (χ1v) is 11.0. The number of carbonyl (C=O) groups excluding carboxylic acids is 2. The molecule has 5 nitrogen and oxygen atoms in total. The lowest BCUT2D eigenvalue weighted by atomic mass is 10.0. The minimum absolute atomic E-state index is 0.335. The molecule has 0 aliphatic carbocycles. The van der Waals surface area contributed by atoms with Crippen LogP contribution in [0.3, 0.4) is 0 Å². The van der Waals surface area contributed by atoms with Crippen molar-refractivity contribution in [2.75, 3.05) is 5.32 Å². The molecule has 0 unspecified atom stereocenters. The number of pyridine rings is 1. The number of hydrogen-bond acceptors (Lipinski definition) is 4. The van der Waals surface area contributed by atoms with Crippen LogP contribution in [-0.4, -0.2) is 16.8 Å². The fourth-order valence-electron chi connectivity index (χ4n) is 3.69. The number of hydrogen-bond donors (Lipinski definition) is 2. The van der Waals surface area contributed by atoms with Crippen LogP contribution >= 0.6 is 22.9 Å².